The first-order valence-electron chi connectivity index (χ1n) is 9.69. The number of hydrogen-bond acceptors (Lipinski definition) is 4. The summed E-state index contributed by atoms with van der Waals surface area (Å²) in [6, 6.07) is 2.77. The topological polar surface area (TPSA) is 48.3 Å². The summed E-state index contributed by atoms with van der Waals surface area (Å²) in [7, 11) is 2.02. The molecule has 5 heteroatoms. The Labute approximate surface area is 145 Å². The number of rotatable bonds is 4. The van der Waals surface area contributed by atoms with Gasteiger partial charge in [-0.05, 0) is 50.0 Å². The summed E-state index contributed by atoms with van der Waals surface area (Å²) in [6.45, 7) is 3.82. The highest BCUT2D eigenvalue weighted by molar-refractivity contribution is 5.07. The molecule has 0 bridgehead atoms. The molecule has 1 unspecified atom stereocenters. The third-order valence-electron chi connectivity index (χ3n) is 6.62. The van der Waals surface area contributed by atoms with Crippen molar-refractivity contribution in [3.8, 4) is 0 Å². The van der Waals surface area contributed by atoms with Gasteiger partial charge in [-0.2, -0.15) is 5.10 Å². The Morgan fingerprint density at radius 2 is 2.08 bits per heavy atom. The van der Waals surface area contributed by atoms with Crippen LogP contribution < -0.4 is 5.32 Å². The van der Waals surface area contributed by atoms with Crippen molar-refractivity contribution < 1.29 is 9.47 Å². The summed E-state index contributed by atoms with van der Waals surface area (Å²) in [5.41, 5.74) is 1.71. The van der Waals surface area contributed by atoms with E-state index in [1.54, 1.807) is 0 Å². The van der Waals surface area contributed by atoms with E-state index in [0.29, 0.717) is 17.4 Å². The molecular formula is C19H31N3O2. The maximum atomic E-state index is 6.15. The maximum Gasteiger partial charge on any atom is 0.103 e. The van der Waals surface area contributed by atoms with Crippen LogP contribution in [-0.4, -0.2) is 42.2 Å². The molecule has 24 heavy (non-hydrogen) atoms. The number of ether oxygens (including phenoxy) is 2. The molecule has 3 atom stereocenters. The number of hydrogen-bond donors (Lipinski definition) is 1. The lowest BCUT2D eigenvalue weighted by molar-refractivity contribution is -0.0370. The first-order valence-corrected chi connectivity index (χ1v) is 9.69. The van der Waals surface area contributed by atoms with Crippen molar-refractivity contribution in [2.75, 3.05) is 26.4 Å². The third kappa shape index (κ3) is 3.14. The zero-order valence-corrected chi connectivity index (χ0v) is 14.9. The molecule has 0 radical (unpaired) electrons. The van der Waals surface area contributed by atoms with E-state index < -0.39 is 0 Å². The van der Waals surface area contributed by atoms with Crippen LogP contribution in [0.3, 0.4) is 0 Å². The van der Waals surface area contributed by atoms with Gasteiger partial charge < -0.3 is 14.8 Å². The molecule has 2 aliphatic heterocycles. The summed E-state index contributed by atoms with van der Waals surface area (Å²) in [6.07, 6.45) is 11.0. The minimum atomic E-state index is 0.186. The van der Waals surface area contributed by atoms with Gasteiger partial charge in [-0.15, -0.1) is 0 Å². The Hall–Kier alpha value is -0.910. The second kappa shape index (κ2) is 7.14. The predicted octanol–water partition coefficient (Wildman–Crippen LogP) is 2.83. The normalized spacial score (nSPS) is 33.1. The van der Waals surface area contributed by atoms with Gasteiger partial charge in [0, 0.05) is 51.6 Å². The van der Waals surface area contributed by atoms with Crippen molar-refractivity contribution in [3.05, 3.63) is 18.0 Å². The molecule has 4 rings (SSSR count). The zero-order chi connectivity index (χ0) is 16.4. The second-order valence-electron chi connectivity index (χ2n) is 7.90. The Bertz CT molecular complexity index is 538. The lowest BCUT2D eigenvalue weighted by Crippen LogP contribution is -2.47. The third-order valence-corrected chi connectivity index (χ3v) is 6.62. The number of nitrogens with zero attached hydrogens (tertiary/aromatic N) is 2. The smallest absolute Gasteiger partial charge is 0.103 e. The summed E-state index contributed by atoms with van der Waals surface area (Å²) >= 11 is 0. The Morgan fingerprint density at radius 1 is 1.21 bits per heavy atom. The van der Waals surface area contributed by atoms with Gasteiger partial charge in [0.15, 0.2) is 0 Å². The van der Waals surface area contributed by atoms with Gasteiger partial charge in [-0.1, -0.05) is 6.42 Å². The molecular weight excluding hydrogens is 302 g/mol. The fourth-order valence-electron chi connectivity index (χ4n) is 5.17. The lowest BCUT2D eigenvalue weighted by atomic mass is 9.75. The van der Waals surface area contributed by atoms with Crippen molar-refractivity contribution in [3.63, 3.8) is 0 Å². The average Bonchev–Trinajstić information content (AvgIpc) is 3.20. The molecule has 1 aliphatic carbocycles. The van der Waals surface area contributed by atoms with Gasteiger partial charge >= 0.3 is 0 Å². The van der Waals surface area contributed by atoms with Crippen molar-refractivity contribution >= 4 is 0 Å². The molecule has 1 saturated carbocycles. The largest absolute Gasteiger partial charge is 0.381 e. The molecule has 0 aromatic carbocycles. The van der Waals surface area contributed by atoms with E-state index in [9.17, 15) is 0 Å². The van der Waals surface area contributed by atoms with Crippen LogP contribution in [0.5, 0.6) is 0 Å². The van der Waals surface area contributed by atoms with Crippen LogP contribution in [-0.2, 0) is 16.5 Å². The van der Waals surface area contributed by atoms with E-state index in [4.69, 9.17) is 9.47 Å². The molecule has 1 aromatic heterocycles. The minimum absolute atomic E-state index is 0.186. The van der Waals surface area contributed by atoms with Gasteiger partial charge in [0.2, 0.25) is 0 Å². The Morgan fingerprint density at radius 3 is 2.88 bits per heavy atom. The average molecular weight is 333 g/mol. The fourth-order valence-corrected chi connectivity index (χ4v) is 5.17. The predicted molar refractivity (Wildman–Crippen MR) is 92.8 cm³/mol. The van der Waals surface area contributed by atoms with Crippen LogP contribution in [0.2, 0.25) is 0 Å². The number of aromatic nitrogens is 2. The highest BCUT2D eigenvalue weighted by atomic mass is 16.5. The van der Waals surface area contributed by atoms with Crippen molar-refractivity contribution in [1.29, 1.82) is 0 Å². The SMILES string of the molecule is Cn1nccc1[C@@H]1OCCC[C@H]1CNC1CCCC12CCOCC2. The van der Waals surface area contributed by atoms with Gasteiger partial charge in [-0.3, -0.25) is 4.68 Å². The Kier molecular flexibility index (Phi) is 4.93. The number of nitrogens with one attached hydrogen (secondary N) is 1. The van der Waals surface area contributed by atoms with Crippen molar-refractivity contribution in [2.45, 2.75) is 57.1 Å². The van der Waals surface area contributed by atoms with Crippen LogP contribution in [0.25, 0.3) is 0 Å². The summed E-state index contributed by atoms with van der Waals surface area (Å²) in [5, 5.41) is 8.29. The monoisotopic (exact) mass is 333 g/mol. The van der Waals surface area contributed by atoms with E-state index in [1.165, 1.54) is 50.6 Å². The minimum Gasteiger partial charge on any atom is -0.381 e. The highest BCUT2D eigenvalue weighted by Crippen LogP contribution is 2.46. The van der Waals surface area contributed by atoms with E-state index in [2.05, 4.69) is 16.5 Å². The molecule has 3 fully saturated rings. The highest BCUT2D eigenvalue weighted by Gasteiger charge is 2.44. The summed E-state index contributed by atoms with van der Waals surface area (Å²) in [5.74, 6) is 0.548. The van der Waals surface area contributed by atoms with Gasteiger partial charge in [0.1, 0.15) is 6.10 Å². The van der Waals surface area contributed by atoms with Gasteiger partial charge in [-0.25, -0.2) is 0 Å². The molecule has 2 saturated heterocycles. The zero-order valence-electron chi connectivity index (χ0n) is 14.9. The Balaban J connectivity index is 1.41. The standard InChI is InChI=1S/C19H31N3O2/c1-22-16(6-10-21-22)18-15(4-3-11-24-18)14-20-17-5-2-7-19(17)8-12-23-13-9-19/h6,10,15,17-18,20H,2-5,7-9,11-14H2,1H3/t15-,17?,18+/m0/s1. The van der Waals surface area contributed by atoms with Crippen LogP contribution in [0.1, 0.15) is 56.7 Å². The summed E-state index contributed by atoms with van der Waals surface area (Å²) in [4.78, 5) is 0. The van der Waals surface area contributed by atoms with Gasteiger partial charge in [0.05, 0.1) is 5.69 Å². The van der Waals surface area contributed by atoms with Crippen molar-refractivity contribution in [1.82, 2.24) is 15.1 Å². The first-order chi connectivity index (χ1) is 11.8. The molecule has 1 aromatic rings. The molecule has 0 amide bonds. The second-order valence-corrected chi connectivity index (χ2v) is 7.90. The molecule has 1 spiro atoms. The van der Waals surface area contributed by atoms with E-state index in [0.717, 1.165) is 26.4 Å². The first kappa shape index (κ1) is 16.6. The maximum absolute atomic E-state index is 6.15. The fraction of sp³-hybridized carbons (Fsp3) is 0.842. The van der Waals surface area contributed by atoms with Crippen LogP contribution in [0, 0.1) is 11.3 Å². The molecule has 3 aliphatic rings. The van der Waals surface area contributed by atoms with Crippen LogP contribution in [0.15, 0.2) is 12.3 Å². The van der Waals surface area contributed by atoms with Gasteiger partial charge in [0.25, 0.3) is 0 Å². The van der Waals surface area contributed by atoms with Crippen LogP contribution in [0.4, 0.5) is 0 Å². The number of aryl methyl sites for hydroxylation is 1. The van der Waals surface area contributed by atoms with E-state index in [1.807, 2.05) is 17.9 Å². The molecule has 1 N–H and O–H groups in total. The lowest BCUT2D eigenvalue weighted by Gasteiger charge is -2.41. The molecule has 5 nitrogen and oxygen atoms in total. The van der Waals surface area contributed by atoms with Crippen LogP contribution >= 0.6 is 0 Å². The molecule has 3 heterocycles. The van der Waals surface area contributed by atoms with E-state index in [-0.39, 0.29) is 6.10 Å². The van der Waals surface area contributed by atoms with Crippen molar-refractivity contribution in [2.24, 2.45) is 18.4 Å². The quantitative estimate of drug-likeness (QED) is 0.920. The van der Waals surface area contributed by atoms with E-state index >= 15 is 0 Å². The summed E-state index contributed by atoms with van der Waals surface area (Å²) < 4.78 is 13.7. The molecule has 134 valence electrons.